The number of esters is 1. The molecule has 0 spiro atoms. The maximum Gasteiger partial charge on any atom is 0.325 e. The van der Waals surface area contributed by atoms with Gasteiger partial charge in [0.2, 0.25) is 5.69 Å². The molecule has 0 bridgehead atoms. The van der Waals surface area contributed by atoms with Crippen molar-refractivity contribution in [1.82, 2.24) is 15.1 Å². The average molecular weight is 256 g/mol. The van der Waals surface area contributed by atoms with Crippen LogP contribution in [0.5, 0.6) is 0 Å². The predicted molar refractivity (Wildman–Crippen MR) is 58.9 cm³/mol. The minimum Gasteiger partial charge on any atom is -0.468 e. The van der Waals surface area contributed by atoms with Gasteiger partial charge in [0.25, 0.3) is 5.91 Å². The third-order valence-corrected chi connectivity index (χ3v) is 2.32. The summed E-state index contributed by atoms with van der Waals surface area (Å²) in [5.74, 6) is -1.45. The second-order valence-corrected chi connectivity index (χ2v) is 3.42. The van der Waals surface area contributed by atoms with E-state index in [0.717, 1.165) is 0 Å². The molecule has 0 saturated carbocycles. The monoisotopic (exact) mass is 256 g/mol. The molecule has 0 fully saturated rings. The minimum absolute atomic E-state index is 0.253. The highest BCUT2D eigenvalue weighted by atomic mass is 16.6. The molecule has 0 saturated heterocycles. The first-order chi connectivity index (χ1) is 8.38. The van der Waals surface area contributed by atoms with E-state index >= 15 is 0 Å². The fourth-order valence-corrected chi connectivity index (χ4v) is 1.28. The molecule has 1 heterocycles. The fraction of sp³-hybridized carbons (Fsp3) is 0.444. The third-order valence-electron chi connectivity index (χ3n) is 2.32. The van der Waals surface area contributed by atoms with Crippen LogP contribution >= 0.6 is 0 Å². The second-order valence-electron chi connectivity index (χ2n) is 3.42. The quantitative estimate of drug-likeness (QED) is 0.442. The molecule has 9 heteroatoms. The molecule has 1 N–H and O–H groups in total. The van der Waals surface area contributed by atoms with Crippen molar-refractivity contribution in [1.29, 1.82) is 0 Å². The van der Waals surface area contributed by atoms with Gasteiger partial charge in [-0.2, -0.15) is 5.10 Å². The molecular weight excluding hydrogens is 244 g/mol. The van der Waals surface area contributed by atoms with Crippen LogP contribution < -0.4 is 5.32 Å². The fourth-order valence-electron chi connectivity index (χ4n) is 1.28. The Morgan fingerprint density at radius 3 is 2.67 bits per heavy atom. The van der Waals surface area contributed by atoms with Crippen LogP contribution in [0, 0.1) is 17.0 Å². The summed E-state index contributed by atoms with van der Waals surface area (Å²) in [5.41, 5.74) is -0.452. The first-order valence-electron chi connectivity index (χ1n) is 4.91. The van der Waals surface area contributed by atoms with E-state index < -0.39 is 16.8 Å². The van der Waals surface area contributed by atoms with Gasteiger partial charge in [-0.05, 0) is 6.92 Å². The number of methoxy groups -OCH3 is 1. The van der Waals surface area contributed by atoms with Crippen LogP contribution in [-0.4, -0.2) is 40.2 Å². The molecule has 0 radical (unpaired) electrons. The average Bonchev–Trinajstić information content (AvgIpc) is 2.62. The van der Waals surface area contributed by atoms with Gasteiger partial charge < -0.3 is 10.1 Å². The number of hydrogen-bond donors (Lipinski definition) is 1. The summed E-state index contributed by atoms with van der Waals surface area (Å²) >= 11 is 0. The molecular formula is C9H12N4O5. The van der Waals surface area contributed by atoms with Gasteiger partial charge in [-0.15, -0.1) is 0 Å². The highest BCUT2D eigenvalue weighted by Gasteiger charge is 2.28. The van der Waals surface area contributed by atoms with Crippen molar-refractivity contribution in [3.05, 3.63) is 21.5 Å². The molecule has 98 valence electrons. The van der Waals surface area contributed by atoms with Crippen molar-refractivity contribution in [3.63, 3.8) is 0 Å². The van der Waals surface area contributed by atoms with Crippen LogP contribution in [0.3, 0.4) is 0 Å². The zero-order valence-electron chi connectivity index (χ0n) is 10.1. The summed E-state index contributed by atoms with van der Waals surface area (Å²) in [6.45, 7) is 1.10. The number of amides is 1. The molecule has 0 atom stereocenters. The largest absolute Gasteiger partial charge is 0.468 e. The zero-order chi connectivity index (χ0) is 13.9. The lowest BCUT2D eigenvalue weighted by atomic mass is 10.3. The molecule has 0 aliphatic heterocycles. The number of nitrogens with one attached hydrogen (secondary N) is 1. The number of carbonyl (C=O) groups is 2. The van der Waals surface area contributed by atoms with Crippen molar-refractivity contribution < 1.29 is 19.2 Å². The standard InChI is InChI=1S/C9H12N4O5/c1-5-8(13(16)17)7(11-12(5)2)9(15)10-4-6(14)18-3/h4H2,1-3H3,(H,10,15). The Labute approximate surface area is 102 Å². The SMILES string of the molecule is COC(=O)CNC(=O)c1nn(C)c(C)c1[N+](=O)[O-]. The van der Waals surface area contributed by atoms with Gasteiger partial charge in [0.15, 0.2) is 0 Å². The highest BCUT2D eigenvalue weighted by Crippen LogP contribution is 2.21. The molecule has 0 aliphatic carbocycles. The number of aryl methyl sites for hydroxylation is 1. The van der Waals surface area contributed by atoms with Crippen molar-refractivity contribution in [2.75, 3.05) is 13.7 Å². The molecule has 1 aromatic rings. The van der Waals surface area contributed by atoms with Crippen LogP contribution in [0.1, 0.15) is 16.2 Å². The first kappa shape index (κ1) is 13.6. The number of hydrogen-bond acceptors (Lipinski definition) is 6. The Morgan fingerprint density at radius 2 is 2.17 bits per heavy atom. The Bertz CT molecular complexity index is 507. The topological polar surface area (TPSA) is 116 Å². The summed E-state index contributed by atoms with van der Waals surface area (Å²) in [6, 6.07) is 0. The maximum absolute atomic E-state index is 11.7. The Hall–Kier alpha value is -2.45. The van der Waals surface area contributed by atoms with Crippen LogP contribution in [0.4, 0.5) is 5.69 Å². The van der Waals surface area contributed by atoms with E-state index in [1.807, 2.05) is 0 Å². The number of aromatic nitrogens is 2. The third kappa shape index (κ3) is 2.62. The summed E-state index contributed by atoms with van der Waals surface area (Å²) in [6.07, 6.45) is 0. The molecule has 0 aromatic carbocycles. The number of nitrogens with zero attached hydrogens (tertiary/aromatic N) is 3. The number of ether oxygens (including phenoxy) is 1. The van der Waals surface area contributed by atoms with Crippen LogP contribution in [0.2, 0.25) is 0 Å². The van der Waals surface area contributed by atoms with E-state index in [2.05, 4.69) is 15.2 Å². The van der Waals surface area contributed by atoms with Gasteiger partial charge in [0.1, 0.15) is 12.2 Å². The molecule has 1 amide bonds. The normalized spacial score (nSPS) is 9.94. The summed E-state index contributed by atoms with van der Waals surface area (Å²) in [5, 5.41) is 16.8. The number of carbonyl (C=O) groups excluding carboxylic acids is 2. The van der Waals surface area contributed by atoms with E-state index in [4.69, 9.17) is 0 Å². The summed E-state index contributed by atoms with van der Waals surface area (Å²) in [7, 11) is 2.65. The lowest BCUT2D eigenvalue weighted by Gasteiger charge is -2.00. The minimum atomic E-state index is -0.796. The van der Waals surface area contributed by atoms with E-state index in [9.17, 15) is 19.7 Å². The van der Waals surface area contributed by atoms with Crippen LogP contribution in [0.15, 0.2) is 0 Å². The predicted octanol–water partition coefficient (Wildman–Crippen LogP) is -0.460. The van der Waals surface area contributed by atoms with E-state index in [1.54, 1.807) is 0 Å². The van der Waals surface area contributed by atoms with Crippen molar-refractivity contribution in [2.45, 2.75) is 6.92 Å². The Balaban J connectivity index is 2.96. The summed E-state index contributed by atoms with van der Waals surface area (Å²) in [4.78, 5) is 32.6. The molecule has 0 aliphatic rings. The van der Waals surface area contributed by atoms with Crippen LogP contribution in [0.25, 0.3) is 0 Å². The lowest BCUT2D eigenvalue weighted by molar-refractivity contribution is -0.385. The second kappa shape index (κ2) is 5.25. The lowest BCUT2D eigenvalue weighted by Crippen LogP contribution is -2.30. The Morgan fingerprint density at radius 1 is 1.56 bits per heavy atom. The molecule has 1 aromatic heterocycles. The zero-order valence-corrected chi connectivity index (χ0v) is 10.1. The van der Waals surface area contributed by atoms with Gasteiger partial charge in [-0.1, -0.05) is 0 Å². The van der Waals surface area contributed by atoms with Crippen molar-refractivity contribution in [2.24, 2.45) is 7.05 Å². The van der Waals surface area contributed by atoms with Gasteiger partial charge in [-0.3, -0.25) is 24.4 Å². The molecule has 1 rings (SSSR count). The molecule has 9 nitrogen and oxygen atoms in total. The molecule has 0 unspecified atom stereocenters. The summed E-state index contributed by atoms with van der Waals surface area (Å²) < 4.78 is 5.56. The maximum atomic E-state index is 11.7. The number of nitro groups is 1. The highest BCUT2D eigenvalue weighted by molar-refractivity contribution is 5.98. The van der Waals surface area contributed by atoms with Crippen molar-refractivity contribution >= 4 is 17.6 Å². The van der Waals surface area contributed by atoms with Gasteiger partial charge in [-0.25, -0.2) is 0 Å². The number of rotatable bonds is 4. The van der Waals surface area contributed by atoms with E-state index in [0.29, 0.717) is 0 Å². The first-order valence-corrected chi connectivity index (χ1v) is 4.91. The molecule has 18 heavy (non-hydrogen) atoms. The van der Waals surface area contributed by atoms with Gasteiger partial charge in [0, 0.05) is 7.05 Å². The van der Waals surface area contributed by atoms with E-state index in [-0.39, 0.29) is 23.6 Å². The van der Waals surface area contributed by atoms with E-state index in [1.165, 1.54) is 25.8 Å². The van der Waals surface area contributed by atoms with Crippen LogP contribution in [-0.2, 0) is 16.6 Å². The Kier molecular flexibility index (Phi) is 3.97. The van der Waals surface area contributed by atoms with Gasteiger partial charge >= 0.3 is 11.7 Å². The smallest absolute Gasteiger partial charge is 0.325 e. The van der Waals surface area contributed by atoms with Gasteiger partial charge in [0.05, 0.1) is 12.0 Å². The van der Waals surface area contributed by atoms with Crippen molar-refractivity contribution in [3.8, 4) is 0 Å².